The van der Waals surface area contributed by atoms with Crippen molar-refractivity contribution in [2.45, 2.75) is 46.1 Å². The summed E-state index contributed by atoms with van der Waals surface area (Å²) in [5.41, 5.74) is 4.96. The average molecular weight is 216 g/mol. The molecule has 0 aliphatic heterocycles. The number of hydrogen-bond acceptors (Lipinski definition) is 3. The second kappa shape index (κ2) is 8.53. The monoisotopic (exact) mass is 216 g/mol. The first-order valence-corrected chi connectivity index (χ1v) is 5.81. The van der Waals surface area contributed by atoms with Crippen molar-refractivity contribution < 1.29 is 9.53 Å². The molecule has 2 unspecified atom stereocenters. The van der Waals surface area contributed by atoms with Crippen molar-refractivity contribution in [2.75, 3.05) is 13.2 Å². The highest BCUT2D eigenvalue weighted by atomic mass is 16.5. The summed E-state index contributed by atoms with van der Waals surface area (Å²) in [4.78, 5) is 10.5. The lowest BCUT2D eigenvalue weighted by atomic mass is 9.94. The van der Waals surface area contributed by atoms with Crippen molar-refractivity contribution >= 4 is 6.09 Å². The number of nitrogens with one attached hydrogen (secondary N) is 1. The lowest BCUT2D eigenvalue weighted by Crippen LogP contribution is -2.38. The zero-order valence-corrected chi connectivity index (χ0v) is 10.1. The molecule has 0 aliphatic carbocycles. The zero-order valence-electron chi connectivity index (χ0n) is 10.1. The van der Waals surface area contributed by atoms with Gasteiger partial charge in [-0.15, -0.1) is 0 Å². The summed E-state index contributed by atoms with van der Waals surface area (Å²) in [6, 6.07) is 0.421. The van der Waals surface area contributed by atoms with E-state index in [0.717, 1.165) is 25.8 Å². The Balaban J connectivity index is 4.10. The van der Waals surface area contributed by atoms with Crippen LogP contribution in [0.1, 0.15) is 40.0 Å². The number of rotatable bonds is 8. The van der Waals surface area contributed by atoms with Gasteiger partial charge in [-0.3, -0.25) is 0 Å². The van der Waals surface area contributed by atoms with Crippen LogP contribution in [-0.4, -0.2) is 25.3 Å². The standard InChI is InChI=1S/C11H24N2O2/c1-4-7-10(13-6-3)9(5-2)8-15-11(12)14/h9-10,13H,4-8H2,1-3H3,(H2,12,14). The first-order chi connectivity index (χ1) is 7.15. The summed E-state index contributed by atoms with van der Waals surface area (Å²) >= 11 is 0. The lowest BCUT2D eigenvalue weighted by Gasteiger charge is -2.26. The molecule has 15 heavy (non-hydrogen) atoms. The first kappa shape index (κ1) is 14.2. The van der Waals surface area contributed by atoms with Crippen LogP contribution in [0.3, 0.4) is 0 Å². The molecule has 3 N–H and O–H groups in total. The molecule has 0 heterocycles. The maximum absolute atomic E-state index is 10.5. The van der Waals surface area contributed by atoms with Crippen LogP contribution in [-0.2, 0) is 4.74 Å². The molecule has 0 fully saturated rings. The highest BCUT2D eigenvalue weighted by Gasteiger charge is 2.19. The molecular formula is C11H24N2O2. The van der Waals surface area contributed by atoms with Gasteiger partial charge in [-0.05, 0) is 19.4 Å². The van der Waals surface area contributed by atoms with Gasteiger partial charge in [0.15, 0.2) is 0 Å². The average Bonchev–Trinajstić information content (AvgIpc) is 2.19. The molecule has 0 aromatic carbocycles. The van der Waals surface area contributed by atoms with Crippen LogP contribution in [0, 0.1) is 5.92 Å². The summed E-state index contributed by atoms with van der Waals surface area (Å²) in [7, 11) is 0. The number of hydrogen-bond donors (Lipinski definition) is 2. The Morgan fingerprint density at radius 2 is 2.07 bits per heavy atom. The van der Waals surface area contributed by atoms with Crippen molar-refractivity contribution in [3.8, 4) is 0 Å². The van der Waals surface area contributed by atoms with E-state index in [1.54, 1.807) is 0 Å². The van der Waals surface area contributed by atoms with E-state index in [-0.39, 0.29) is 0 Å². The second-order valence-corrected chi connectivity index (χ2v) is 3.75. The van der Waals surface area contributed by atoms with Gasteiger partial charge in [0.25, 0.3) is 0 Å². The zero-order chi connectivity index (χ0) is 11.7. The van der Waals surface area contributed by atoms with E-state index in [2.05, 4.69) is 26.1 Å². The van der Waals surface area contributed by atoms with Crippen LogP contribution in [0.4, 0.5) is 4.79 Å². The summed E-state index contributed by atoms with van der Waals surface area (Å²) in [5.74, 6) is 0.359. The molecule has 4 nitrogen and oxygen atoms in total. The maximum atomic E-state index is 10.5. The van der Waals surface area contributed by atoms with E-state index in [9.17, 15) is 4.79 Å². The highest BCUT2D eigenvalue weighted by Crippen LogP contribution is 2.14. The van der Waals surface area contributed by atoms with Gasteiger partial charge in [0.2, 0.25) is 0 Å². The minimum atomic E-state index is -0.680. The van der Waals surface area contributed by atoms with Crippen LogP contribution in [0.15, 0.2) is 0 Å². The fourth-order valence-electron chi connectivity index (χ4n) is 1.79. The molecule has 0 radical (unpaired) electrons. The molecule has 0 rings (SSSR count). The second-order valence-electron chi connectivity index (χ2n) is 3.75. The van der Waals surface area contributed by atoms with Gasteiger partial charge in [-0.1, -0.05) is 27.2 Å². The van der Waals surface area contributed by atoms with E-state index in [0.29, 0.717) is 18.6 Å². The van der Waals surface area contributed by atoms with E-state index in [1.807, 2.05) is 0 Å². The SMILES string of the molecule is CCCC(NCC)C(CC)COC(N)=O. The predicted octanol–water partition coefficient (Wildman–Crippen LogP) is 1.89. The van der Waals surface area contributed by atoms with Gasteiger partial charge >= 0.3 is 6.09 Å². The minimum absolute atomic E-state index is 0.359. The van der Waals surface area contributed by atoms with Crippen LogP contribution >= 0.6 is 0 Å². The molecule has 0 aromatic heterocycles. The molecule has 1 amide bonds. The Labute approximate surface area is 92.6 Å². The molecule has 0 aromatic rings. The molecule has 0 bridgehead atoms. The summed E-state index contributed by atoms with van der Waals surface area (Å²) in [6.07, 6.45) is 2.55. The Kier molecular flexibility index (Phi) is 8.09. The predicted molar refractivity (Wildman–Crippen MR) is 61.7 cm³/mol. The van der Waals surface area contributed by atoms with Gasteiger partial charge in [-0.25, -0.2) is 4.79 Å². The number of carbonyl (C=O) groups is 1. The third-order valence-electron chi connectivity index (χ3n) is 2.60. The number of nitrogens with two attached hydrogens (primary N) is 1. The van der Waals surface area contributed by atoms with Crippen LogP contribution < -0.4 is 11.1 Å². The van der Waals surface area contributed by atoms with Crippen molar-refractivity contribution in [3.63, 3.8) is 0 Å². The highest BCUT2D eigenvalue weighted by molar-refractivity contribution is 5.64. The van der Waals surface area contributed by atoms with E-state index < -0.39 is 6.09 Å². The molecule has 4 heteroatoms. The summed E-state index contributed by atoms with van der Waals surface area (Å²) in [6.45, 7) is 7.71. The number of amides is 1. The van der Waals surface area contributed by atoms with Crippen molar-refractivity contribution in [2.24, 2.45) is 11.7 Å². The van der Waals surface area contributed by atoms with E-state index in [4.69, 9.17) is 10.5 Å². The topological polar surface area (TPSA) is 64.3 Å². The molecule has 90 valence electrons. The number of ether oxygens (including phenoxy) is 1. The molecule has 0 aliphatic rings. The Bertz CT molecular complexity index is 168. The molecular weight excluding hydrogens is 192 g/mol. The van der Waals surface area contributed by atoms with Gasteiger partial charge in [-0.2, -0.15) is 0 Å². The van der Waals surface area contributed by atoms with Crippen LogP contribution in [0.2, 0.25) is 0 Å². The molecule has 0 saturated carbocycles. The lowest BCUT2D eigenvalue weighted by molar-refractivity contribution is 0.121. The minimum Gasteiger partial charge on any atom is -0.449 e. The third-order valence-corrected chi connectivity index (χ3v) is 2.60. The van der Waals surface area contributed by atoms with Gasteiger partial charge in [0, 0.05) is 12.0 Å². The van der Waals surface area contributed by atoms with Gasteiger partial charge < -0.3 is 15.8 Å². The number of carbonyl (C=O) groups excluding carboxylic acids is 1. The smallest absolute Gasteiger partial charge is 0.404 e. The van der Waals surface area contributed by atoms with E-state index in [1.165, 1.54) is 0 Å². The van der Waals surface area contributed by atoms with Crippen molar-refractivity contribution in [1.82, 2.24) is 5.32 Å². The Hall–Kier alpha value is -0.770. The van der Waals surface area contributed by atoms with Crippen molar-refractivity contribution in [3.05, 3.63) is 0 Å². The molecule has 2 atom stereocenters. The van der Waals surface area contributed by atoms with Crippen molar-refractivity contribution in [1.29, 1.82) is 0 Å². The number of primary amides is 1. The van der Waals surface area contributed by atoms with Gasteiger partial charge in [0.05, 0.1) is 6.61 Å². The fourth-order valence-corrected chi connectivity index (χ4v) is 1.79. The Morgan fingerprint density at radius 1 is 1.40 bits per heavy atom. The maximum Gasteiger partial charge on any atom is 0.404 e. The first-order valence-electron chi connectivity index (χ1n) is 5.81. The summed E-state index contributed by atoms with van der Waals surface area (Å²) in [5, 5.41) is 3.43. The molecule has 0 saturated heterocycles. The fraction of sp³-hybridized carbons (Fsp3) is 0.909. The van der Waals surface area contributed by atoms with Crippen LogP contribution in [0.5, 0.6) is 0 Å². The summed E-state index contributed by atoms with van der Waals surface area (Å²) < 4.78 is 4.87. The van der Waals surface area contributed by atoms with Crippen LogP contribution in [0.25, 0.3) is 0 Å². The largest absolute Gasteiger partial charge is 0.449 e. The quantitative estimate of drug-likeness (QED) is 0.651. The molecule has 0 spiro atoms. The van der Waals surface area contributed by atoms with Gasteiger partial charge in [0.1, 0.15) is 0 Å². The third kappa shape index (κ3) is 6.33. The Morgan fingerprint density at radius 3 is 2.47 bits per heavy atom. The van der Waals surface area contributed by atoms with E-state index >= 15 is 0 Å². The normalized spacial score (nSPS) is 14.6.